The Labute approximate surface area is 181 Å². The Bertz CT molecular complexity index is 1090. The van der Waals surface area contributed by atoms with Crippen LogP contribution >= 0.6 is 24.8 Å². The van der Waals surface area contributed by atoms with Crippen LogP contribution in [0.5, 0.6) is 0 Å². The van der Waals surface area contributed by atoms with Gasteiger partial charge in [0.2, 0.25) is 0 Å². The number of nitrogens with zero attached hydrogens (tertiary/aromatic N) is 4. The van der Waals surface area contributed by atoms with E-state index < -0.39 is 0 Å². The number of benzene rings is 1. The van der Waals surface area contributed by atoms with Crippen molar-refractivity contribution in [3.05, 3.63) is 48.4 Å². The molecule has 0 amide bonds. The van der Waals surface area contributed by atoms with Gasteiger partial charge in [0.25, 0.3) is 0 Å². The summed E-state index contributed by atoms with van der Waals surface area (Å²) in [6, 6.07) is 4.35. The number of aromatic amines is 2. The third-order valence-electron chi connectivity index (χ3n) is 6.60. The van der Waals surface area contributed by atoms with Crippen molar-refractivity contribution in [3.63, 3.8) is 0 Å². The van der Waals surface area contributed by atoms with Crippen molar-refractivity contribution in [3.8, 4) is 0 Å². The molecule has 2 N–H and O–H groups in total. The molecule has 4 aromatic rings. The predicted molar refractivity (Wildman–Crippen MR) is 120 cm³/mol. The van der Waals surface area contributed by atoms with Gasteiger partial charge in [0.15, 0.2) is 0 Å². The van der Waals surface area contributed by atoms with Crippen LogP contribution in [0.2, 0.25) is 0 Å². The second-order valence-electron chi connectivity index (χ2n) is 8.11. The number of nitrogens with one attached hydrogen (secondary N) is 2. The van der Waals surface area contributed by atoms with E-state index >= 15 is 0 Å². The summed E-state index contributed by atoms with van der Waals surface area (Å²) in [6.45, 7) is 4.65. The highest BCUT2D eigenvalue weighted by Crippen LogP contribution is 2.42. The Hall–Kier alpha value is -2.02. The summed E-state index contributed by atoms with van der Waals surface area (Å²) in [5.74, 6) is 2.51. The van der Waals surface area contributed by atoms with Gasteiger partial charge < -0.3 is 19.4 Å². The molecule has 6 heterocycles. The van der Waals surface area contributed by atoms with Gasteiger partial charge in [-0.25, -0.2) is 9.97 Å². The molecular formula is C21H26Cl2N6. The standard InChI is InChI=1S/C21H24N6.2ClH/c1-2-18-21(25-19(24-18)5-9-27-10-6-22-13-27)20-15(11-23-17(1)20)16-12-26-7-3-14(16)4-8-26;;/h1-2,6,10-11,13-14,16,23H,3-5,7-9,12H2,(H,24,25);2*1H. The van der Waals surface area contributed by atoms with Crippen molar-refractivity contribution in [2.75, 3.05) is 19.6 Å². The van der Waals surface area contributed by atoms with Crippen LogP contribution in [0.15, 0.2) is 37.1 Å². The maximum absolute atomic E-state index is 5.01. The molecule has 2 bridgehead atoms. The number of fused-ring (bicyclic) bond motifs is 6. The van der Waals surface area contributed by atoms with Crippen molar-refractivity contribution >= 4 is 46.8 Å². The average molecular weight is 433 g/mol. The second kappa shape index (κ2) is 8.01. The van der Waals surface area contributed by atoms with Crippen molar-refractivity contribution in [1.82, 2.24) is 29.4 Å². The number of imidazole rings is 2. The summed E-state index contributed by atoms with van der Waals surface area (Å²) in [7, 11) is 0. The van der Waals surface area contributed by atoms with E-state index in [0.717, 1.165) is 35.7 Å². The predicted octanol–water partition coefficient (Wildman–Crippen LogP) is 4.14. The van der Waals surface area contributed by atoms with Gasteiger partial charge in [-0.3, -0.25) is 0 Å². The van der Waals surface area contributed by atoms with Crippen molar-refractivity contribution < 1.29 is 0 Å². The molecule has 3 saturated heterocycles. The molecule has 3 aliphatic heterocycles. The SMILES string of the molecule is Cl.Cl.c1cn(CCc2nc3c(ccc4[nH]cc(C5CN6CCC5CC6)c43)[nH]2)cn1. The minimum Gasteiger partial charge on any atom is -0.361 e. The number of aromatic nitrogens is 5. The molecule has 0 aliphatic carbocycles. The van der Waals surface area contributed by atoms with Crippen LogP contribution in [-0.2, 0) is 13.0 Å². The minimum atomic E-state index is 0. The van der Waals surface area contributed by atoms with Gasteiger partial charge in [0.1, 0.15) is 5.82 Å². The van der Waals surface area contributed by atoms with Crippen LogP contribution in [-0.4, -0.2) is 49.0 Å². The van der Waals surface area contributed by atoms with E-state index in [9.17, 15) is 0 Å². The van der Waals surface area contributed by atoms with E-state index in [4.69, 9.17) is 4.98 Å². The molecule has 3 aliphatic rings. The molecule has 6 nitrogen and oxygen atoms in total. The van der Waals surface area contributed by atoms with E-state index in [2.05, 4.69) is 42.7 Å². The Morgan fingerprint density at radius 3 is 2.66 bits per heavy atom. The lowest BCUT2D eigenvalue weighted by Crippen LogP contribution is -2.46. The number of rotatable bonds is 4. The minimum absolute atomic E-state index is 0. The zero-order valence-corrected chi connectivity index (χ0v) is 17.8. The highest BCUT2D eigenvalue weighted by molar-refractivity contribution is 6.05. The number of piperidine rings is 3. The zero-order chi connectivity index (χ0) is 17.8. The molecule has 29 heavy (non-hydrogen) atoms. The largest absolute Gasteiger partial charge is 0.361 e. The van der Waals surface area contributed by atoms with Crippen LogP contribution in [0.25, 0.3) is 21.9 Å². The van der Waals surface area contributed by atoms with Crippen LogP contribution in [0.4, 0.5) is 0 Å². The molecule has 3 fully saturated rings. The third-order valence-corrected chi connectivity index (χ3v) is 6.60. The van der Waals surface area contributed by atoms with Crippen molar-refractivity contribution in [2.45, 2.75) is 31.7 Å². The quantitative estimate of drug-likeness (QED) is 0.509. The van der Waals surface area contributed by atoms with Gasteiger partial charge in [-0.2, -0.15) is 0 Å². The Morgan fingerprint density at radius 1 is 1.10 bits per heavy atom. The lowest BCUT2D eigenvalue weighted by molar-refractivity contribution is 0.0877. The van der Waals surface area contributed by atoms with Gasteiger partial charge >= 0.3 is 0 Å². The second-order valence-corrected chi connectivity index (χ2v) is 8.11. The molecule has 1 aromatic carbocycles. The van der Waals surface area contributed by atoms with Crippen LogP contribution < -0.4 is 0 Å². The molecular weight excluding hydrogens is 407 g/mol. The van der Waals surface area contributed by atoms with E-state index in [0.29, 0.717) is 5.92 Å². The molecule has 8 heteroatoms. The monoisotopic (exact) mass is 432 g/mol. The van der Waals surface area contributed by atoms with E-state index in [1.54, 1.807) is 0 Å². The first-order valence-corrected chi connectivity index (χ1v) is 10.0. The number of aryl methyl sites for hydroxylation is 2. The highest BCUT2D eigenvalue weighted by atomic mass is 35.5. The van der Waals surface area contributed by atoms with Crippen LogP contribution in [0.1, 0.15) is 30.1 Å². The van der Waals surface area contributed by atoms with Gasteiger partial charge in [0, 0.05) is 54.9 Å². The van der Waals surface area contributed by atoms with Crippen LogP contribution in [0.3, 0.4) is 0 Å². The molecule has 0 spiro atoms. The van der Waals surface area contributed by atoms with Crippen molar-refractivity contribution in [2.24, 2.45) is 5.92 Å². The first-order valence-electron chi connectivity index (χ1n) is 10.0. The number of hydrogen-bond acceptors (Lipinski definition) is 3. The topological polar surface area (TPSA) is 65.5 Å². The zero-order valence-electron chi connectivity index (χ0n) is 16.2. The summed E-state index contributed by atoms with van der Waals surface area (Å²) in [5, 5.41) is 1.33. The molecule has 0 radical (unpaired) electrons. The Morgan fingerprint density at radius 2 is 1.93 bits per heavy atom. The van der Waals surface area contributed by atoms with Crippen molar-refractivity contribution in [1.29, 1.82) is 0 Å². The summed E-state index contributed by atoms with van der Waals surface area (Å²) in [5.41, 5.74) is 4.95. The number of H-pyrrole nitrogens is 2. The normalized spacial score (nSPS) is 23.2. The van der Waals surface area contributed by atoms with E-state index in [1.165, 1.54) is 48.9 Å². The van der Waals surface area contributed by atoms with Gasteiger partial charge in [-0.1, -0.05) is 0 Å². The highest BCUT2D eigenvalue weighted by Gasteiger charge is 2.36. The fourth-order valence-electron chi connectivity index (χ4n) is 5.15. The molecule has 1 unspecified atom stereocenters. The van der Waals surface area contributed by atoms with Gasteiger partial charge in [0.05, 0.1) is 17.4 Å². The summed E-state index contributed by atoms with van der Waals surface area (Å²) < 4.78 is 2.09. The van der Waals surface area contributed by atoms with Crippen LogP contribution in [0, 0.1) is 5.92 Å². The molecule has 3 aromatic heterocycles. The van der Waals surface area contributed by atoms with E-state index in [-0.39, 0.29) is 24.8 Å². The summed E-state index contributed by atoms with van der Waals surface area (Å²) in [6.07, 6.45) is 11.5. The Kier molecular flexibility index (Phi) is 5.60. The third kappa shape index (κ3) is 3.43. The molecule has 0 saturated carbocycles. The first-order chi connectivity index (χ1) is 13.3. The average Bonchev–Trinajstić information content (AvgIpc) is 3.45. The molecule has 154 valence electrons. The number of hydrogen-bond donors (Lipinski definition) is 2. The smallest absolute Gasteiger partial charge is 0.109 e. The first kappa shape index (κ1) is 20.3. The van der Waals surface area contributed by atoms with Gasteiger partial charge in [-0.15, -0.1) is 24.8 Å². The maximum atomic E-state index is 5.01. The number of halogens is 2. The lowest BCUT2D eigenvalue weighted by atomic mass is 9.75. The van der Waals surface area contributed by atoms with Gasteiger partial charge in [-0.05, 0) is 49.5 Å². The fraction of sp³-hybridized carbons (Fsp3) is 0.429. The Balaban J connectivity index is 0.00000102. The maximum Gasteiger partial charge on any atom is 0.109 e. The van der Waals surface area contributed by atoms with E-state index in [1.807, 2.05) is 18.7 Å². The fourth-order valence-corrected chi connectivity index (χ4v) is 5.15. The molecule has 1 atom stereocenters. The summed E-state index contributed by atoms with van der Waals surface area (Å²) in [4.78, 5) is 18.8. The summed E-state index contributed by atoms with van der Waals surface area (Å²) >= 11 is 0. The lowest BCUT2D eigenvalue weighted by Gasteiger charge is -2.44. The molecule has 7 rings (SSSR count).